The summed E-state index contributed by atoms with van der Waals surface area (Å²) in [7, 11) is 0. The SMILES string of the molecule is NC1CC2(CCC(c3nc(-c4ccc5nccnc5c4)no3)CC2)C1. The Labute approximate surface area is 145 Å². The first-order valence-corrected chi connectivity index (χ1v) is 9.01. The Morgan fingerprint density at radius 2 is 1.80 bits per heavy atom. The topological polar surface area (TPSA) is 90.7 Å². The van der Waals surface area contributed by atoms with Gasteiger partial charge in [-0.05, 0) is 62.1 Å². The van der Waals surface area contributed by atoms with Crippen LogP contribution in [0.5, 0.6) is 0 Å². The summed E-state index contributed by atoms with van der Waals surface area (Å²) in [5.74, 6) is 1.78. The van der Waals surface area contributed by atoms with E-state index in [9.17, 15) is 0 Å². The average Bonchev–Trinajstić information content (AvgIpc) is 3.11. The highest BCUT2D eigenvalue weighted by Gasteiger charge is 2.45. The number of fused-ring (bicyclic) bond motifs is 1. The number of benzene rings is 1. The fourth-order valence-electron chi connectivity index (χ4n) is 4.56. The second kappa shape index (κ2) is 5.59. The lowest BCUT2D eigenvalue weighted by molar-refractivity contribution is 0.0443. The molecule has 2 aliphatic carbocycles. The zero-order valence-corrected chi connectivity index (χ0v) is 14.1. The van der Waals surface area contributed by atoms with Crippen LogP contribution in [0.1, 0.15) is 50.3 Å². The van der Waals surface area contributed by atoms with E-state index in [0.29, 0.717) is 23.2 Å². The van der Waals surface area contributed by atoms with E-state index < -0.39 is 0 Å². The normalized spacial score (nSPS) is 29.0. The highest BCUT2D eigenvalue weighted by Crippen LogP contribution is 2.53. The first kappa shape index (κ1) is 15.0. The van der Waals surface area contributed by atoms with Gasteiger partial charge >= 0.3 is 0 Å². The summed E-state index contributed by atoms with van der Waals surface area (Å²) in [6, 6.07) is 6.29. The van der Waals surface area contributed by atoms with Crippen LogP contribution in [0, 0.1) is 5.41 Å². The molecule has 0 saturated heterocycles. The Morgan fingerprint density at radius 3 is 2.56 bits per heavy atom. The minimum absolute atomic E-state index is 0.379. The molecule has 3 aromatic rings. The van der Waals surface area contributed by atoms with Crippen LogP contribution < -0.4 is 5.73 Å². The molecular weight excluding hydrogens is 314 g/mol. The van der Waals surface area contributed by atoms with Crippen molar-refractivity contribution in [3.05, 3.63) is 36.5 Å². The van der Waals surface area contributed by atoms with Gasteiger partial charge in [-0.15, -0.1) is 0 Å². The first-order chi connectivity index (χ1) is 12.2. The van der Waals surface area contributed by atoms with Gasteiger partial charge in [0.2, 0.25) is 11.7 Å². The molecule has 2 saturated carbocycles. The third kappa shape index (κ3) is 2.61. The van der Waals surface area contributed by atoms with Gasteiger partial charge in [0.25, 0.3) is 0 Å². The van der Waals surface area contributed by atoms with Gasteiger partial charge in [-0.2, -0.15) is 4.98 Å². The van der Waals surface area contributed by atoms with Crippen LogP contribution in [0.3, 0.4) is 0 Å². The molecule has 1 aromatic carbocycles. The second-order valence-corrected chi connectivity index (χ2v) is 7.66. The minimum Gasteiger partial charge on any atom is -0.339 e. The summed E-state index contributed by atoms with van der Waals surface area (Å²) < 4.78 is 5.59. The Balaban J connectivity index is 1.34. The minimum atomic E-state index is 0.379. The van der Waals surface area contributed by atoms with E-state index in [1.54, 1.807) is 12.4 Å². The first-order valence-electron chi connectivity index (χ1n) is 9.01. The molecule has 0 radical (unpaired) electrons. The second-order valence-electron chi connectivity index (χ2n) is 7.66. The Kier molecular flexibility index (Phi) is 3.35. The van der Waals surface area contributed by atoms with Gasteiger partial charge in [0.05, 0.1) is 11.0 Å². The van der Waals surface area contributed by atoms with E-state index >= 15 is 0 Å². The van der Waals surface area contributed by atoms with E-state index in [2.05, 4.69) is 20.1 Å². The molecule has 0 bridgehead atoms. The smallest absolute Gasteiger partial charge is 0.230 e. The van der Waals surface area contributed by atoms with Crippen molar-refractivity contribution < 1.29 is 4.52 Å². The summed E-state index contributed by atoms with van der Waals surface area (Å²) >= 11 is 0. The van der Waals surface area contributed by atoms with Crippen LogP contribution >= 0.6 is 0 Å². The molecule has 6 heteroatoms. The number of nitrogens with two attached hydrogens (primary N) is 1. The molecule has 2 N–H and O–H groups in total. The van der Waals surface area contributed by atoms with Crippen molar-refractivity contribution in [3.8, 4) is 11.4 Å². The molecule has 5 rings (SSSR count). The molecule has 2 aromatic heterocycles. The van der Waals surface area contributed by atoms with Crippen molar-refractivity contribution in [2.24, 2.45) is 11.1 Å². The van der Waals surface area contributed by atoms with E-state index in [4.69, 9.17) is 10.3 Å². The zero-order valence-electron chi connectivity index (χ0n) is 14.1. The predicted octanol–water partition coefficient (Wildman–Crippen LogP) is 3.44. The number of aromatic nitrogens is 4. The van der Waals surface area contributed by atoms with Gasteiger partial charge in [0.1, 0.15) is 0 Å². The van der Waals surface area contributed by atoms with Crippen molar-refractivity contribution in [1.29, 1.82) is 0 Å². The lowest BCUT2D eigenvalue weighted by atomic mass is 9.57. The van der Waals surface area contributed by atoms with Gasteiger partial charge in [-0.3, -0.25) is 9.97 Å². The highest BCUT2D eigenvalue weighted by molar-refractivity contribution is 5.79. The summed E-state index contributed by atoms with van der Waals surface area (Å²) in [5.41, 5.74) is 9.12. The Hall–Kier alpha value is -2.34. The molecular formula is C19H21N5O. The number of rotatable bonds is 2. The predicted molar refractivity (Wildman–Crippen MR) is 93.7 cm³/mol. The molecule has 0 unspecified atom stereocenters. The van der Waals surface area contributed by atoms with Gasteiger partial charge in [0.15, 0.2) is 0 Å². The quantitative estimate of drug-likeness (QED) is 0.771. The lowest BCUT2D eigenvalue weighted by Gasteiger charge is -2.50. The van der Waals surface area contributed by atoms with Crippen molar-refractivity contribution in [3.63, 3.8) is 0 Å². The molecule has 6 nitrogen and oxygen atoms in total. The maximum Gasteiger partial charge on any atom is 0.230 e. The largest absolute Gasteiger partial charge is 0.339 e. The summed E-state index contributed by atoms with van der Waals surface area (Å²) in [4.78, 5) is 13.3. The van der Waals surface area contributed by atoms with Crippen molar-refractivity contribution in [2.75, 3.05) is 0 Å². The summed E-state index contributed by atoms with van der Waals surface area (Å²) in [5, 5.41) is 4.20. The summed E-state index contributed by atoms with van der Waals surface area (Å²) in [6.07, 6.45) is 10.5. The fraction of sp³-hybridized carbons (Fsp3) is 0.474. The van der Waals surface area contributed by atoms with E-state index in [0.717, 1.165) is 35.3 Å². The van der Waals surface area contributed by atoms with Gasteiger partial charge < -0.3 is 10.3 Å². The van der Waals surface area contributed by atoms with Crippen LogP contribution in [-0.2, 0) is 0 Å². The maximum atomic E-state index is 5.99. The summed E-state index contributed by atoms with van der Waals surface area (Å²) in [6.45, 7) is 0. The molecule has 2 aliphatic rings. The standard InChI is InChI=1S/C19H21N5O/c20-14-10-19(11-14)5-3-12(4-6-19)18-23-17(24-25-18)13-1-2-15-16(9-13)22-8-7-21-15/h1-2,7-9,12,14H,3-6,10-11,20H2. The molecule has 25 heavy (non-hydrogen) atoms. The fourth-order valence-corrected chi connectivity index (χ4v) is 4.56. The van der Waals surface area contributed by atoms with Crippen LogP contribution in [-0.4, -0.2) is 26.2 Å². The molecule has 1 spiro atoms. The zero-order chi connectivity index (χ0) is 16.9. The molecule has 0 amide bonds. The van der Waals surface area contributed by atoms with Crippen LogP contribution in [0.4, 0.5) is 0 Å². The third-order valence-electron chi connectivity index (χ3n) is 5.96. The molecule has 2 fully saturated rings. The van der Waals surface area contributed by atoms with Gasteiger partial charge in [-0.25, -0.2) is 0 Å². The van der Waals surface area contributed by atoms with Gasteiger partial charge in [0, 0.05) is 29.9 Å². The molecule has 2 heterocycles. The van der Waals surface area contributed by atoms with Gasteiger partial charge in [-0.1, -0.05) is 5.16 Å². The number of hydrogen-bond donors (Lipinski definition) is 1. The highest BCUT2D eigenvalue weighted by atomic mass is 16.5. The Morgan fingerprint density at radius 1 is 1.04 bits per heavy atom. The molecule has 128 valence electrons. The van der Waals surface area contributed by atoms with Crippen molar-refractivity contribution in [1.82, 2.24) is 20.1 Å². The monoisotopic (exact) mass is 335 g/mol. The van der Waals surface area contributed by atoms with Crippen LogP contribution in [0.2, 0.25) is 0 Å². The molecule has 0 aliphatic heterocycles. The number of nitrogens with zero attached hydrogens (tertiary/aromatic N) is 4. The third-order valence-corrected chi connectivity index (χ3v) is 5.96. The van der Waals surface area contributed by atoms with E-state index in [1.165, 1.54) is 25.7 Å². The lowest BCUT2D eigenvalue weighted by Crippen LogP contribution is -2.47. The van der Waals surface area contributed by atoms with E-state index in [1.807, 2.05) is 18.2 Å². The maximum absolute atomic E-state index is 5.99. The number of hydrogen-bond acceptors (Lipinski definition) is 6. The average molecular weight is 335 g/mol. The van der Waals surface area contributed by atoms with Crippen molar-refractivity contribution >= 4 is 11.0 Å². The Bertz CT molecular complexity index is 905. The molecule has 0 atom stereocenters. The van der Waals surface area contributed by atoms with Crippen molar-refractivity contribution in [2.45, 2.75) is 50.5 Å². The van der Waals surface area contributed by atoms with E-state index in [-0.39, 0.29) is 0 Å². The van der Waals surface area contributed by atoms with Crippen LogP contribution in [0.25, 0.3) is 22.4 Å². The van der Waals surface area contributed by atoms with Crippen LogP contribution in [0.15, 0.2) is 35.1 Å².